The minimum atomic E-state index is -5.40. The lowest BCUT2D eigenvalue weighted by molar-refractivity contribution is -0.288. The van der Waals surface area contributed by atoms with Gasteiger partial charge in [0.25, 0.3) is 5.92 Å². The summed E-state index contributed by atoms with van der Waals surface area (Å²) in [5.41, 5.74) is -5.12. The van der Waals surface area contributed by atoms with Crippen LogP contribution in [0.15, 0.2) is 0 Å². The summed E-state index contributed by atoms with van der Waals surface area (Å²) in [6.07, 6.45) is -5.40. The van der Waals surface area contributed by atoms with Gasteiger partial charge in [-0.25, -0.2) is 8.78 Å². The van der Waals surface area contributed by atoms with E-state index in [1.807, 2.05) is 0 Å². The van der Waals surface area contributed by atoms with Gasteiger partial charge in [0.15, 0.2) is 0 Å². The van der Waals surface area contributed by atoms with Crippen molar-refractivity contribution in [2.24, 2.45) is 5.41 Å². The summed E-state index contributed by atoms with van der Waals surface area (Å²) >= 11 is 0. The molecule has 0 aromatic rings. The molecular weight excluding hydrogens is 247 g/mol. The molecule has 0 aliphatic carbocycles. The van der Waals surface area contributed by atoms with Crippen molar-refractivity contribution in [2.75, 3.05) is 0 Å². The number of carbonyl (C=O) groups excluding carboxylic acids is 1. The van der Waals surface area contributed by atoms with E-state index < -0.39 is 29.1 Å². The Bertz CT molecular complexity index is 281. The molecule has 102 valence electrons. The fraction of sp³-hybridized carbons (Fsp3) is 0.900. The van der Waals surface area contributed by atoms with Crippen LogP contribution in [0.2, 0.25) is 0 Å². The molecule has 0 amide bonds. The molecule has 0 rings (SSSR count). The molecule has 7 heteroatoms. The van der Waals surface area contributed by atoms with Crippen LogP contribution in [0, 0.1) is 5.41 Å². The molecule has 1 unspecified atom stereocenters. The molecule has 0 aliphatic heterocycles. The zero-order valence-electron chi connectivity index (χ0n) is 10.2. The minimum Gasteiger partial charge on any atom is -0.459 e. The van der Waals surface area contributed by atoms with Gasteiger partial charge >= 0.3 is 12.1 Å². The zero-order chi connectivity index (χ0) is 14.3. The van der Waals surface area contributed by atoms with Crippen LogP contribution in [0.1, 0.15) is 34.6 Å². The second kappa shape index (κ2) is 4.10. The van der Waals surface area contributed by atoms with Crippen LogP contribution in [-0.4, -0.2) is 23.7 Å². The molecule has 0 saturated heterocycles. The Morgan fingerprint density at radius 2 is 1.24 bits per heavy atom. The normalized spacial score (nSPS) is 17.5. The molecule has 0 saturated carbocycles. The number of hydrogen-bond donors (Lipinski definition) is 0. The highest BCUT2D eigenvalue weighted by atomic mass is 19.4. The third-order valence-corrected chi connectivity index (χ3v) is 2.25. The van der Waals surface area contributed by atoms with E-state index in [9.17, 15) is 26.7 Å². The summed E-state index contributed by atoms with van der Waals surface area (Å²) in [6.45, 7) is 4.09. The lowest BCUT2D eigenvalue weighted by Gasteiger charge is -2.36. The van der Waals surface area contributed by atoms with Gasteiger partial charge in [0.1, 0.15) is 5.60 Å². The van der Waals surface area contributed by atoms with Crippen LogP contribution >= 0.6 is 0 Å². The molecule has 1 atom stereocenters. The topological polar surface area (TPSA) is 26.3 Å². The highest BCUT2D eigenvalue weighted by Crippen LogP contribution is 2.50. The van der Waals surface area contributed by atoms with Crippen LogP contribution in [0.25, 0.3) is 0 Å². The Balaban J connectivity index is 5.46. The zero-order valence-corrected chi connectivity index (χ0v) is 10.2. The van der Waals surface area contributed by atoms with Crippen molar-refractivity contribution in [3.63, 3.8) is 0 Å². The van der Waals surface area contributed by atoms with E-state index in [1.54, 1.807) is 0 Å². The first-order chi connectivity index (χ1) is 7.13. The minimum absolute atomic E-state index is 0.0460. The highest BCUT2D eigenvalue weighted by Gasteiger charge is 2.70. The molecule has 2 nitrogen and oxygen atoms in total. The Morgan fingerprint density at radius 1 is 0.882 bits per heavy atom. The van der Waals surface area contributed by atoms with E-state index >= 15 is 0 Å². The predicted molar refractivity (Wildman–Crippen MR) is 50.6 cm³/mol. The molecule has 0 radical (unpaired) electrons. The van der Waals surface area contributed by atoms with Crippen LogP contribution < -0.4 is 0 Å². The summed E-state index contributed by atoms with van der Waals surface area (Å²) in [5, 5.41) is 0. The molecule has 0 aromatic carbocycles. The van der Waals surface area contributed by atoms with E-state index in [4.69, 9.17) is 0 Å². The summed E-state index contributed by atoms with van der Waals surface area (Å²) in [5.74, 6) is -6.25. The third kappa shape index (κ3) is 3.29. The van der Waals surface area contributed by atoms with Gasteiger partial charge in [-0.1, -0.05) is 0 Å². The van der Waals surface area contributed by atoms with E-state index in [0.717, 1.165) is 0 Å². The SMILES string of the molecule is CC(C)(C)OC(=O)C(C)(C(C)(F)F)C(F)(F)F. The van der Waals surface area contributed by atoms with Gasteiger partial charge in [-0.15, -0.1) is 0 Å². The number of rotatable bonds is 2. The molecule has 17 heavy (non-hydrogen) atoms. The van der Waals surface area contributed by atoms with Crippen molar-refractivity contribution >= 4 is 5.97 Å². The first-order valence-electron chi connectivity index (χ1n) is 4.81. The Labute approximate surface area is 96.1 Å². The van der Waals surface area contributed by atoms with Gasteiger partial charge < -0.3 is 4.74 Å². The molecule has 0 bridgehead atoms. The molecular formula is C10H15F5O2. The second-order valence-electron chi connectivity index (χ2n) is 5.01. The lowest BCUT2D eigenvalue weighted by atomic mass is 9.83. The number of esters is 1. The van der Waals surface area contributed by atoms with Crippen LogP contribution in [0.3, 0.4) is 0 Å². The second-order valence-corrected chi connectivity index (χ2v) is 5.01. The van der Waals surface area contributed by atoms with Gasteiger partial charge in [0, 0.05) is 6.92 Å². The maximum absolute atomic E-state index is 13.1. The first kappa shape index (κ1) is 16.1. The predicted octanol–water partition coefficient (Wildman–Crippen LogP) is 3.55. The van der Waals surface area contributed by atoms with Crippen molar-refractivity contribution in [1.82, 2.24) is 0 Å². The Hall–Kier alpha value is -0.880. The van der Waals surface area contributed by atoms with E-state index in [1.165, 1.54) is 20.8 Å². The van der Waals surface area contributed by atoms with E-state index in [-0.39, 0.29) is 13.8 Å². The van der Waals surface area contributed by atoms with Crippen molar-refractivity contribution in [1.29, 1.82) is 0 Å². The molecule has 0 fully saturated rings. The largest absolute Gasteiger partial charge is 0.459 e. The fourth-order valence-electron chi connectivity index (χ4n) is 0.924. The van der Waals surface area contributed by atoms with Crippen LogP contribution in [-0.2, 0) is 9.53 Å². The average Bonchev–Trinajstić information content (AvgIpc) is 1.94. The third-order valence-electron chi connectivity index (χ3n) is 2.25. The van der Waals surface area contributed by atoms with Crippen LogP contribution in [0.5, 0.6) is 0 Å². The summed E-state index contributed by atoms with van der Waals surface area (Å²) < 4.78 is 68.5. The number of halogens is 5. The number of ether oxygens (including phenoxy) is 1. The molecule has 0 heterocycles. The number of hydrogen-bond acceptors (Lipinski definition) is 2. The maximum atomic E-state index is 13.1. The van der Waals surface area contributed by atoms with Gasteiger partial charge in [0.2, 0.25) is 5.41 Å². The van der Waals surface area contributed by atoms with Gasteiger partial charge in [0.05, 0.1) is 0 Å². The first-order valence-corrected chi connectivity index (χ1v) is 4.81. The molecule has 0 aromatic heterocycles. The van der Waals surface area contributed by atoms with Gasteiger partial charge in [-0.2, -0.15) is 13.2 Å². The number of carbonyl (C=O) groups is 1. The van der Waals surface area contributed by atoms with E-state index in [2.05, 4.69) is 4.74 Å². The van der Waals surface area contributed by atoms with Crippen molar-refractivity contribution in [2.45, 2.75) is 52.3 Å². The van der Waals surface area contributed by atoms with Crippen molar-refractivity contribution < 1.29 is 31.5 Å². The van der Waals surface area contributed by atoms with Crippen molar-refractivity contribution in [3.05, 3.63) is 0 Å². The quantitative estimate of drug-likeness (QED) is 0.562. The van der Waals surface area contributed by atoms with Gasteiger partial charge in [-0.3, -0.25) is 4.79 Å². The summed E-state index contributed by atoms with van der Waals surface area (Å²) in [4.78, 5) is 11.4. The average molecular weight is 262 g/mol. The molecule has 0 N–H and O–H groups in total. The smallest absolute Gasteiger partial charge is 0.410 e. The molecule has 0 spiro atoms. The Kier molecular flexibility index (Phi) is 3.89. The highest BCUT2D eigenvalue weighted by molar-refractivity contribution is 5.79. The van der Waals surface area contributed by atoms with E-state index in [0.29, 0.717) is 0 Å². The summed E-state index contributed by atoms with van der Waals surface area (Å²) in [7, 11) is 0. The van der Waals surface area contributed by atoms with Crippen LogP contribution in [0.4, 0.5) is 22.0 Å². The van der Waals surface area contributed by atoms with Crippen molar-refractivity contribution in [3.8, 4) is 0 Å². The standard InChI is InChI=1S/C10H15F5O2/c1-7(2,3)17-6(16)8(4,9(5,11)12)10(13,14)15/h1-5H3. The Morgan fingerprint density at radius 3 is 1.41 bits per heavy atom. The fourth-order valence-corrected chi connectivity index (χ4v) is 0.924. The summed E-state index contributed by atoms with van der Waals surface area (Å²) in [6, 6.07) is 0. The van der Waals surface area contributed by atoms with Gasteiger partial charge in [-0.05, 0) is 27.7 Å². The maximum Gasteiger partial charge on any atom is 0.410 e. The number of alkyl halides is 5. The lowest BCUT2D eigenvalue weighted by Crippen LogP contribution is -2.55. The molecule has 0 aliphatic rings. The monoisotopic (exact) mass is 262 g/mol.